The lowest BCUT2D eigenvalue weighted by atomic mass is 10.1. The van der Waals surface area contributed by atoms with Gasteiger partial charge in [-0.3, -0.25) is 24.3 Å². The summed E-state index contributed by atoms with van der Waals surface area (Å²) >= 11 is 0. The Hall–Kier alpha value is -3.96. The Morgan fingerprint density at radius 1 is 1.02 bits per heavy atom. The van der Waals surface area contributed by atoms with E-state index in [1.165, 1.54) is 0 Å². The van der Waals surface area contributed by atoms with Crippen LogP contribution in [0.2, 0.25) is 0 Å². The van der Waals surface area contributed by atoms with Gasteiger partial charge in [0.2, 0.25) is 0 Å². The second-order valence-electron chi connectivity index (χ2n) is 11.8. The average Bonchev–Trinajstić information content (AvgIpc) is 3.62. The summed E-state index contributed by atoms with van der Waals surface area (Å²) in [4.78, 5) is 27.0. The van der Waals surface area contributed by atoms with Crippen LogP contribution in [-0.2, 0) is 16.7 Å². The topological polar surface area (TPSA) is 107 Å². The molecule has 11 nitrogen and oxygen atoms in total. The van der Waals surface area contributed by atoms with Crippen molar-refractivity contribution >= 4 is 11.5 Å². The van der Waals surface area contributed by atoms with Gasteiger partial charge in [-0.1, -0.05) is 5.21 Å². The summed E-state index contributed by atoms with van der Waals surface area (Å²) in [5, 5.41) is 13.4. The number of aromatic nitrogens is 7. The standard InChI is InChI=1S/C31H41N9O2/c1-7-42-13-12-37-8-10-38(11-9-37)26-17-25(19-32-20-26)28-21-39(36-34-28)29-15-24(18-33-23(29)3)16-30(41)27-14-22(2)40(35-27)31(4,5)6/h14-15,17-21H,7-13,16H2,1-6H3. The predicted molar refractivity (Wildman–Crippen MR) is 162 cm³/mol. The summed E-state index contributed by atoms with van der Waals surface area (Å²) < 4.78 is 9.12. The molecule has 1 aliphatic rings. The van der Waals surface area contributed by atoms with Crippen molar-refractivity contribution in [2.75, 3.05) is 50.8 Å². The van der Waals surface area contributed by atoms with Gasteiger partial charge in [0.25, 0.3) is 0 Å². The maximum absolute atomic E-state index is 13.1. The highest BCUT2D eigenvalue weighted by Gasteiger charge is 2.21. The zero-order valence-corrected chi connectivity index (χ0v) is 25.5. The lowest BCUT2D eigenvalue weighted by Gasteiger charge is -2.35. The van der Waals surface area contributed by atoms with Crippen LogP contribution in [0.5, 0.6) is 0 Å². The zero-order chi connectivity index (χ0) is 29.9. The molecule has 0 radical (unpaired) electrons. The van der Waals surface area contributed by atoms with Gasteiger partial charge in [0.15, 0.2) is 5.78 Å². The van der Waals surface area contributed by atoms with Crippen LogP contribution < -0.4 is 4.90 Å². The third-order valence-corrected chi connectivity index (χ3v) is 7.54. The van der Waals surface area contributed by atoms with Crippen molar-refractivity contribution in [3.05, 3.63) is 65.6 Å². The molecular formula is C31H41N9O2. The van der Waals surface area contributed by atoms with E-state index in [0.29, 0.717) is 5.69 Å². The monoisotopic (exact) mass is 571 g/mol. The highest BCUT2D eigenvalue weighted by atomic mass is 16.5. The first-order valence-corrected chi connectivity index (χ1v) is 14.6. The van der Waals surface area contributed by atoms with Crippen LogP contribution in [0.1, 0.15) is 55.1 Å². The van der Waals surface area contributed by atoms with Crippen LogP contribution in [0.3, 0.4) is 0 Å². The van der Waals surface area contributed by atoms with Gasteiger partial charge in [-0.25, -0.2) is 4.68 Å². The third kappa shape index (κ3) is 6.74. The van der Waals surface area contributed by atoms with Crippen LogP contribution >= 0.6 is 0 Å². The number of anilines is 1. The normalized spacial score (nSPS) is 14.5. The Morgan fingerprint density at radius 3 is 2.52 bits per heavy atom. The maximum Gasteiger partial charge on any atom is 0.187 e. The summed E-state index contributed by atoms with van der Waals surface area (Å²) in [6.07, 6.45) is 7.55. The van der Waals surface area contributed by atoms with Gasteiger partial charge >= 0.3 is 0 Å². The van der Waals surface area contributed by atoms with E-state index in [9.17, 15) is 4.79 Å². The molecule has 1 saturated heterocycles. The van der Waals surface area contributed by atoms with Crippen LogP contribution in [0.15, 0.2) is 43.0 Å². The maximum atomic E-state index is 13.1. The Kier molecular flexibility index (Phi) is 8.79. The number of rotatable bonds is 10. The molecule has 0 atom stereocenters. The van der Waals surface area contributed by atoms with E-state index >= 15 is 0 Å². The first-order valence-electron chi connectivity index (χ1n) is 14.6. The summed E-state index contributed by atoms with van der Waals surface area (Å²) in [7, 11) is 0. The van der Waals surface area contributed by atoms with Crippen LogP contribution in [0.4, 0.5) is 5.69 Å². The molecule has 4 aromatic rings. The van der Waals surface area contributed by atoms with Crippen molar-refractivity contribution in [1.82, 2.24) is 39.6 Å². The zero-order valence-electron chi connectivity index (χ0n) is 25.5. The largest absolute Gasteiger partial charge is 0.380 e. The molecule has 5 rings (SSSR count). The second-order valence-corrected chi connectivity index (χ2v) is 11.8. The SMILES string of the molecule is CCOCCN1CCN(c2cncc(-c3cn(-c4cc(CC(=O)c5cc(C)n(C(C)(C)C)n5)cnc4C)nn3)c2)CC1. The van der Waals surface area contributed by atoms with Crippen molar-refractivity contribution in [2.45, 2.75) is 53.5 Å². The molecule has 0 spiro atoms. The van der Waals surface area contributed by atoms with Gasteiger partial charge in [0.1, 0.15) is 11.4 Å². The van der Waals surface area contributed by atoms with E-state index in [0.717, 1.165) is 85.5 Å². The number of ketones is 1. The van der Waals surface area contributed by atoms with E-state index in [1.807, 2.05) is 56.2 Å². The number of ether oxygens (including phenoxy) is 1. The van der Waals surface area contributed by atoms with E-state index in [4.69, 9.17) is 4.74 Å². The highest BCUT2D eigenvalue weighted by molar-refractivity contribution is 5.95. The van der Waals surface area contributed by atoms with E-state index in [-0.39, 0.29) is 17.7 Å². The molecule has 4 aromatic heterocycles. The highest BCUT2D eigenvalue weighted by Crippen LogP contribution is 2.24. The molecule has 0 amide bonds. The lowest BCUT2D eigenvalue weighted by Crippen LogP contribution is -2.47. The van der Waals surface area contributed by atoms with Crippen molar-refractivity contribution in [3.8, 4) is 16.9 Å². The average molecular weight is 572 g/mol. The van der Waals surface area contributed by atoms with Gasteiger partial charge in [-0.2, -0.15) is 5.10 Å². The number of carbonyl (C=O) groups is 1. The van der Waals surface area contributed by atoms with Crippen molar-refractivity contribution in [3.63, 3.8) is 0 Å². The number of hydrogen-bond donors (Lipinski definition) is 0. The van der Waals surface area contributed by atoms with Crippen LogP contribution in [0.25, 0.3) is 16.9 Å². The molecule has 5 heterocycles. The number of pyridine rings is 2. The number of piperazine rings is 1. The van der Waals surface area contributed by atoms with Gasteiger partial charge in [-0.15, -0.1) is 5.10 Å². The first kappa shape index (κ1) is 29.5. The van der Waals surface area contributed by atoms with Crippen molar-refractivity contribution in [2.24, 2.45) is 0 Å². The fraction of sp³-hybridized carbons (Fsp3) is 0.484. The molecule has 0 aliphatic carbocycles. The Labute approximate surface area is 247 Å². The number of nitrogens with zero attached hydrogens (tertiary/aromatic N) is 9. The fourth-order valence-electron chi connectivity index (χ4n) is 5.28. The fourth-order valence-corrected chi connectivity index (χ4v) is 5.28. The van der Waals surface area contributed by atoms with Crippen molar-refractivity contribution in [1.29, 1.82) is 0 Å². The van der Waals surface area contributed by atoms with Gasteiger partial charge < -0.3 is 9.64 Å². The number of hydrogen-bond acceptors (Lipinski definition) is 9. The molecule has 1 aliphatic heterocycles. The summed E-state index contributed by atoms with van der Waals surface area (Å²) in [6, 6.07) is 5.92. The Bertz CT molecular complexity index is 1530. The molecule has 0 aromatic carbocycles. The second kappa shape index (κ2) is 12.5. The van der Waals surface area contributed by atoms with Crippen molar-refractivity contribution < 1.29 is 9.53 Å². The Morgan fingerprint density at radius 2 is 1.81 bits per heavy atom. The molecule has 42 heavy (non-hydrogen) atoms. The summed E-state index contributed by atoms with van der Waals surface area (Å²) in [5.74, 6) is -0.0463. The van der Waals surface area contributed by atoms with Crippen LogP contribution in [-0.4, -0.2) is 91.4 Å². The minimum Gasteiger partial charge on any atom is -0.380 e. The molecule has 0 bridgehead atoms. The third-order valence-electron chi connectivity index (χ3n) is 7.54. The predicted octanol–water partition coefficient (Wildman–Crippen LogP) is 3.88. The smallest absolute Gasteiger partial charge is 0.187 e. The Balaban J connectivity index is 1.28. The molecule has 0 unspecified atom stereocenters. The first-order chi connectivity index (χ1) is 20.1. The van der Waals surface area contributed by atoms with E-state index in [1.54, 1.807) is 10.9 Å². The quantitative estimate of drug-likeness (QED) is 0.207. The number of aryl methyl sites for hydroxylation is 2. The molecule has 222 valence electrons. The molecule has 0 N–H and O–H groups in total. The lowest BCUT2D eigenvalue weighted by molar-refractivity contribution is 0.0986. The van der Waals surface area contributed by atoms with Gasteiger partial charge in [0.05, 0.1) is 41.6 Å². The number of Topliss-reactive ketones (excluding diaryl/α,β-unsaturated/α-hetero) is 1. The summed E-state index contributed by atoms with van der Waals surface area (Å²) in [5.41, 5.74) is 6.31. The molecular weight excluding hydrogens is 530 g/mol. The molecule has 11 heteroatoms. The van der Waals surface area contributed by atoms with Crippen LogP contribution in [0, 0.1) is 13.8 Å². The molecule has 0 saturated carbocycles. The van der Waals surface area contributed by atoms with Gasteiger partial charge in [-0.05, 0) is 65.3 Å². The number of carbonyl (C=O) groups excluding carboxylic acids is 1. The van der Waals surface area contributed by atoms with Gasteiger partial charge in [0, 0.05) is 69.4 Å². The van der Waals surface area contributed by atoms with E-state index in [2.05, 4.69) is 62.0 Å². The van der Waals surface area contributed by atoms with E-state index < -0.39 is 0 Å². The minimum absolute atomic E-state index is 0.0463. The summed E-state index contributed by atoms with van der Waals surface area (Å²) in [6.45, 7) is 18.5. The molecule has 1 fully saturated rings. The minimum atomic E-state index is -0.195.